The fraction of sp³-hybridized carbons (Fsp3) is 0.500. The van der Waals surface area contributed by atoms with Crippen LogP contribution in [0.5, 0.6) is 0 Å². The van der Waals surface area contributed by atoms with Crippen LogP contribution in [0, 0.1) is 6.92 Å². The van der Waals surface area contributed by atoms with Gasteiger partial charge in [0.2, 0.25) is 5.91 Å². The number of hydrogen-bond acceptors (Lipinski definition) is 6. The molecular weight excluding hydrogens is 362 g/mol. The molecule has 0 aliphatic carbocycles. The van der Waals surface area contributed by atoms with Gasteiger partial charge in [-0.1, -0.05) is 31.6 Å². The Labute approximate surface area is 165 Å². The van der Waals surface area contributed by atoms with Crippen molar-refractivity contribution in [1.82, 2.24) is 14.7 Å². The lowest BCUT2D eigenvalue weighted by Crippen LogP contribution is -2.28. The summed E-state index contributed by atoms with van der Waals surface area (Å²) in [7, 11) is 0. The van der Waals surface area contributed by atoms with E-state index in [1.807, 2.05) is 26.0 Å². The van der Waals surface area contributed by atoms with Crippen LogP contribution in [0.3, 0.4) is 0 Å². The minimum atomic E-state index is -0.368. The van der Waals surface area contributed by atoms with Gasteiger partial charge in [0, 0.05) is 12.1 Å². The summed E-state index contributed by atoms with van der Waals surface area (Å²) >= 11 is 1.26. The number of rotatable bonds is 12. The van der Waals surface area contributed by atoms with E-state index in [0.29, 0.717) is 36.0 Å². The van der Waals surface area contributed by atoms with Crippen LogP contribution in [0.15, 0.2) is 36.6 Å². The van der Waals surface area contributed by atoms with Crippen molar-refractivity contribution >= 4 is 23.4 Å². The first-order valence-electron chi connectivity index (χ1n) is 9.23. The second-order valence-corrected chi connectivity index (χ2v) is 6.76. The molecule has 1 N–H and O–H groups in total. The summed E-state index contributed by atoms with van der Waals surface area (Å²) in [6.45, 7) is 9.66. The van der Waals surface area contributed by atoms with Crippen molar-refractivity contribution < 1.29 is 14.3 Å². The molecule has 0 saturated carbocycles. The second kappa shape index (κ2) is 13.0. The summed E-state index contributed by atoms with van der Waals surface area (Å²) in [5.41, 5.74) is 0.645. The van der Waals surface area contributed by atoms with Gasteiger partial charge in [0.05, 0.1) is 12.5 Å². The number of aryl methyl sites for hydroxylation is 1. The van der Waals surface area contributed by atoms with Crippen LogP contribution in [-0.2, 0) is 14.3 Å². The van der Waals surface area contributed by atoms with Crippen LogP contribution in [0.1, 0.15) is 62.7 Å². The summed E-state index contributed by atoms with van der Waals surface area (Å²) in [5, 5.41) is 3.62. The quantitative estimate of drug-likeness (QED) is 0.328. The number of esters is 1. The molecule has 1 rings (SSSR count). The predicted octanol–water partition coefficient (Wildman–Crippen LogP) is 4.21. The average molecular weight is 392 g/mol. The molecule has 0 bridgehead atoms. The lowest BCUT2D eigenvalue weighted by molar-refractivity contribution is -0.143. The number of hydrogen-bond donors (Lipinski definition) is 1. The molecule has 0 saturated heterocycles. The molecule has 0 radical (unpaired) electrons. The van der Waals surface area contributed by atoms with Gasteiger partial charge in [-0.25, -0.2) is 4.98 Å². The standard InChI is InChI=1S/C20H29N3O3S/c1-5-8-12-16(6-2)22-19(25)17(20-21-15(4)23-27-20)13-10-9-11-14-18(24)26-7-3/h5-6,8,12,17H,2,7,9-11,13-14H2,1,3-4H3,(H,22,25)/b8-5-,16-12+. The largest absolute Gasteiger partial charge is 0.466 e. The highest BCUT2D eigenvalue weighted by Gasteiger charge is 2.24. The average Bonchev–Trinajstić information content (AvgIpc) is 3.07. The molecule has 1 amide bonds. The molecule has 27 heavy (non-hydrogen) atoms. The maximum absolute atomic E-state index is 12.8. The van der Waals surface area contributed by atoms with Crippen molar-refractivity contribution in [2.45, 2.75) is 58.8 Å². The van der Waals surface area contributed by atoms with Gasteiger partial charge in [0.1, 0.15) is 10.8 Å². The highest BCUT2D eigenvalue weighted by molar-refractivity contribution is 7.05. The highest BCUT2D eigenvalue weighted by atomic mass is 32.1. The fourth-order valence-electron chi connectivity index (χ4n) is 2.44. The van der Waals surface area contributed by atoms with Crippen molar-refractivity contribution in [2.75, 3.05) is 6.61 Å². The second-order valence-electron chi connectivity index (χ2n) is 5.98. The molecule has 6 nitrogen and oxygen atoms in total. The lowest BCUT2D eigenvalue weighted by atomic mass is 10.00. The first kappa shape index (κ1) is 22.8. The normalized spacial score (nSPS) is 12.8. The Morgan fingerprint density at radius 3 is 2.70 bits per heavy atom. The van der Waals surface area contributed by atoms with Gasteiger partial charge in [-0.3, -0.25) is 9.59 Å². The molecule has 0 aromatic carbocycles. The van der Waals surface area contributed by atoms with Gasteiger partial charge in [0.15, 0.2) is 0 Å². The number of nitrogens with zero attached hydrogens (tertiary/aromatic N) is 2. The Hall–Kier alpha value is -2.28. The van der Waals surface area contributed by atoms with Crippen molar-refractivity contribution in [3.8, 4) is 0 Å². The van der Waals surface area contributed by atoms with Crippen LogP contribution in [0.2, 0.25) is 0 Å². The number of unbranched alkanes of at least 4 members (excludes halogenated alkanes) is 2. The van der Waals surface area contributed by atoms with E-state index < -0.39 is 0 Å². The smallest absolute Gasteiger partial charge is 0.305 e. The molecule has 7 heteroatoms. The van der Waals surface area contributed by atoms with E-state index in [0.717, 1.165) is 19.3 Å². The maximum atomic E-state index is 12.8. The van der Waals surface area contributed by atoms with Gasteiger partial charge in [-0.2, -0.15) is 4.37 Å². The van der Waals surface area contributed by atoms with Gasteiger partial charge >= 0.3 is 5.97 Å². The first-order chi connectivity index (χ1) is 13.0. The van der Waals surface area contributed by atoms with E-state index in [1.165, 1.54) is 11.5 Å². The first-order valence-corrected chi connectivity index (χ1v) is 10.0. The number of aromatic nitrogens is 2. The Balaban J connectivity index is 2.67. The Bertz CT molecular complexity index is 680. The van der Waals surface area contributed by atoms with E-state index >= 15 is 0 Å². The third-order valence-electron chi connectivity index (χ3n) is 3.79. The lowest BCUT2D eigenvalue weighted by Gasteiger charge is -2.14. The summed E-state index contributed by atoms with van der Waals surface area (Å²) in [6, 6.07) is 0. The van der Waals surface area contributed by atoms with Gasteiger partial charge in [0.25, 0.3) is 0 Å². The number of carbonyl (C=O) groups excluding carboxylic acids is 2. The van der Waals surface area contributed by atoms with Gasteiger partial charge < -0.3 is 10.1 Å². The summed E-state index contributed by atoms with van der Waals surface area (Å²) in [4.78, 5) is 28.6. The van der Waals surface area contributed by atoms with E-state index in [4.69, 9.17) is 4.74 Å². The van der Waals surface area contributed by atoms with Crippen molar-refractivity contribution in [3.63, 3.8) is 0 Å². The third kappa shape index (κ3) is 8.77. The number of ether oxygens (including phenoxy) is 1. The molecule has 1 heterocycles. The molecule has 1 atom stereocenters. The molecule has 1 aromatic rings. The van der Waals surface area contributed by atoms with E-state index in [2.05, 4.69) is 21.3 Å². The van der Waals surface area contributed by atoms with Crippen molar-refractivity contribution in [1.29, 1.82) is 0 Å². The number of nitrogens with one attached hydrogen (secondary N) is 1. The van der Waals surface area contributed by atoms with Crippen LogP contribution >= 0.6 is 11.5 Å². The minimum absolute atomic E-state index is 0.118. The predicted molar refractivity (Wildman–Crippen MR) is 108 cm³/mol. The topological polar surface area (TPSA) is 81.2 Å². The van der Waals surface area contributed by atoms with E-state index in [9.17, 15) is 9.59 Å². The zero-order chi connectivity index (χ0) is 20.1. The molecular formula is C20H29N3O3S. The minimum Gasteiger partial charge on any atom is -0.466 e. The van der Waals surface area contributed by atoms with E-state index in [-0.39, 0.29) is 17.8 Å². The van der Waals surface area contributed by atoms with Crippen LogP contribution < -0.4 is 5.32 Å². The summed E-state index contributed by atoms with van der Waals surface area (Å²) in [6.07, 6.45) is 10.6. The summed E-state index contributed by atoms with van der Waals surface area (Å²) in [5.74, 6) is 0.0136. The molecule has 0 aliphatic heterocycles. The third-order valence-corrected chi connectivity index (χ3v) is 4.71. The number of amides is 1. The van der Waals surface area contributed by atoms with Gasteiger partial charge in [-0.05, 0) is 57.3 Å². The Kier molecular flexibility index (Phi) is 10.9. The van der Waals surface area contributed by atoms with Crippen molar-refractivity contribution in [2.24, 2.45) is 0 Å². The number of carbonyl (C=O) groups is 2. The van der Waals surface area contributed by atoms with Crippen LogP contribution in [0.25, 0.3) is 0 Å². The maximum Gasteiger partial charge on any atom is 0.305 e. The summed E-state index contributed by atoms with van der Waals surface area (Å²) < 4.78 is 9.13. The van der Waals surface area contributed by atoms with Crippen LogP contribution in [0.4, 0.5) is 0 Å². The molecule has 1 aromatic heterocycles. The molecule has 0 aliphatic rings. The fourth-order valence-corrected chi connectivity index (χ4v) is 3.23. The van der Waals surface area contributed by atoms with E-state index in [1.54, 1.807) is 19.1 Å². The zero-order valence-electron chi connectivity index (χ0n) is 16.4. The molecule has 0 spiro atoms. The monoisotopic (exact) mass is 391 g/mol. The Morgan fingerprint density at radius 2 is 2.11 bits per heavy atom. The number of allylic oxidation sites excluding steroid dienone is 4. The SMILES string of the molecule is C=C/C(=C\C=C/C)NC(=O)C(CCCCCC(=O)OCC)c1nc(C)ns1. The molecule has 1 unspecified atom stereocenters. The highest BCUT2D eigenvalue weighted by Crippen LogP contribution is 2.25. The van der Waals surface area contributed by atoms with Crippen LogP contribution in [-0.4, -0.2) is 27.8 Å². The Morgan fingerprint density at radius 1 is 1.33 bits per heavy atom. The molecule has 0 fully saturated rings. The zero-order valence-corrected chi connectivity index (χ0v) is 17.2. The van der Waals surface area contributed by atoms with Crippen molar-refractivity contribution in [3.05, 3.63) is 47.4 Å². The molecule has 148 valence electrons. The van der Waals surface area contributed by atoms with Gasteiger partial charge in [-0.15, -0.1) is 0 Å².